The van der Waals surface area contributed by atoms with E-state index < -0.39 is 8.80 Å². The minimum atomic E-state index is -2.37. The smallest absolute Gasteiger partial charge is 0.377 e. The Kier molecular flexibility index (Phi) is 24.7. The third-order valence-electron chi connectivity index (χ3n) is 6.48. The molecular formula is C26H57NO3Si. The lowest BCUT2D eigenvalue weighted by Gasteiger charge is -2.24. The molecule has 0 saturated heterocycles. The highest BCUT2D eigenvalue weighted by atomic mass is 28.4. The number of hydrogen-bond acceptors (Lipinski definition) is 4. The van der Waals surface area contributed by atoms with Crippen LogP contribution in [0.5, 0.6) is 0 Å². The molecule has 0 radical (unpaired) electrons. The van der Waals surface area contributed by atoms with E-state index in [1.165, 1.54) is 116 Å². The van der Waals surface area contributed by atoms with Crippen molar-refractivity contribution < 1.29 is 13.3 Å². The van der Waals surface area contributed by atoms with Crippen LogP contribution in [0.25, 0.3) is 0 Å². The van der Waals surface area contributed by atoms with Gasteiger partial charge in [0.15, 0.2) is 0 Å². The SMILES string of the molecule is CCCCCCCCCCCCCCCCCCCCNCCC[Si](OC)(OC)OC. The van der Waals surface area contributed by atoms with Crippen molar-refractivity contribution in [2.75, 3.05) is 34.4 Å². The van der Waals surface area contributed by atoms with Gasteiger partial charge in [0.1, 0.15) is 0 Å². The highest BCUT2D eigenvalue weighted by Gasteiger charge is 2.36. The molecule has 1 N–H and O–H groups in total. The molecule has 0 aromatic heterocycles. The molecule has 5 heteroatoms. The third kappa shape index (κ3) is 20.4. The minimum absolute atomic E-state index is 0.878. The number of nitrogens with one attached hydrogen (secondary N) is 1. The van der Waals surface area contributed by atoms with Gasteiger partial charge in [-0.25, -0.2) is 0 Å². The maximum Gasteiger partial charge on any atom is 0.500 e. The predicted molar refractivity (Wildman–Crippen MR) is 138 cm³/mol. The minimum Gasteiger partial charge on any atom is -0.377 e. The second-order valence-electron chi connectivity index (χ2n) is 9.16. The van der Waals surface area contributed by atoms with Crippen LogP contribution in [0.4, 0.5) is 0 Å². The van der Waals surface area contributed by atoms with Crippen LogP contribution >= 0.6 is 0 Å². The molecule has 0 heterocycles. The Labute approximate surface area is 197 Å². The van der Waals surface area contributed by atoms with Crippen molar-refractivity contribution in [1.29, 1.82) is 0 Å². The Balaban J connectivity index is 3.16. The highest BCUT2D eigenvalue weighted by molar-refractivity contribution is 6.60. The number of unbranched alkanes of at least 4 members (excludes halogenated alkanes) is 17. The zero-order valence-electron chi connectivity index (χ0n) is 21.8. The molecule has 0 bridgehead atoms. The second kappa shape index (κ2) is 24.7. The molecule has 0 atom stereocenters. The van der Waals surface area contributed by atoms with Gasteiger partial charge in [-0.1, -0.05) is 116 Å². The molecule has 0 rings (SSSR count). The zero-order chi connectivity index (χ0) is 22.9. The summed E-state index contributed by atoms with van der Waals surface area (Å²) >= 11 is 0. The summed E-state index contributed by atoms with van der Waals surface area (Å²) < 4.78 is 16.3. The molecular weight excluding hydrogens is 402 g/mol. The van der Waals surface area contributed by atoms with E-state index in [2.05, 4.69) is 12.2 Å². The van der Waals surface area contributed by atoms with E-state index in [9.17, 15) is 0 Å². The molecule has 0 amide bonds. The summed E-state index contributed by atoms with van der Waals surface area (Å²) in [7, 11) is 2.68. The number of rotatable bonds is 26. The molecule has 0 fully saturated rings. The van der Waals surface area contributed by atoms with Crippen LogP contribution in [-0.4, -0.2) is 43.2 Å². The zero-order valence-corrected chi connectivity index (χ0v) is 22.8. The Morgan fingerprint density at radius 2 is 0.774 bits per heavy atom. The summed E-state index contributed by atoms with van der Waals surface area (Å²) in [6.45, 7) is 4.44. The van der Waals surface area contributed by atoms with E-state index in [1.54, 1.807) is 21.3 Å². The summed E-state index contributed by atoms with van der Waals surface area (Å²) in [5.74, 6) is 0. The third-order valence-corrected chi connectivity index (χ3v) is 9.31. The van der Waals surface area contributed by atoms with E-state index in [0.29, 0.717) is 0 Å². The number of hydrogen-bond donors (Lipinski definition) is 1. The van der Waals surface area contributed by atoms with Gasteiger partial charge in [-0.2, -0.15) is 0 Å². The molecule has 31 heavy (non-hydrogen) atoms. The van der Waals surface area contributed by atoms with E-state index in [1.807, 2.05) is 0 Å². The molecule has 0 aromatic carbocycles. The lowest BCUT2D eigenvalue weighted by molar-refractivity contribution is 0.123. The fourth-order valence-electron chi connectivity index (χ4n) is 4.26. The molecule has 188 valence electrons. The first-order valence-corrected chi connectivity index (χ1v) is 15.5. The monoisotopic (exact) mass is 459 g/mol. The summed E-state index contributed by atoms with van der Waals surface area (Å²) in [5, 5.41) is 3.54. The first kappa shape index (κ1) is 31.1. The second-order valence-corrected chi connectivity index (χ2v) is 12.3. The van der Waals surface area contributed by atoms with Crippen LogP contribution in [0.15, 0.2) is 0 Å². The Bertz CT molecular complexity index is 332. The van der Waals surface area contributed by atoms with Crippen molar-refractivity contribution in [3.63, 3.8) is 0 Å². The van der Waals surface area contributed by atoms with Crippen molar-refractivity contribution in [1.82, 2.24) is 5.32 Å². The van der Waals surface area contributed by atoms with Gasteiger partial charge in [0.05, 0.1) is 0 Å². The first-order chi connectivity index (χ1) is 15.2. The van der Waals surface area contributed by atoms with Crippen LogP contribution < -0.4 is 5.32 Å². The standard InChI is InChI=1S/C26H57NO3Si/c1-5-6-7-8-9-10-11-12-13-14-15-16-17-18-19-20-21-22-24-27-25-23-26-31(28-2,29-3)30-4/h27H,5-26H2,1-4H3. The van der Waals surface area contributed by atoms with Crippen LogP contribution in [0.2, 0.25) is 6.04 Å². The van der Waals surface area contributed by atoms with Crippen molar-refractivity contribution in [2.24, 2.45) is 0 Å². The molecule has 0 aliphatic heterocycles. The fraction of sp³-hybridized carbons (Fsp3) is 1.00. The molecule has 0 unspecified atom stereocenters. The van der Waals surface area contributed by atoms with Gasteiger partial charge >= 0.3 is 8.80 Å². The van der Waals surface area contributed by atoms with Gasteiger partial charge in [-0.05, 0) is 25.9 Å². The Morgan fingerprint density at radius 3 is 1.13 bits per heavy atom. The maximum absolute atomic E-state index is 5.45. The maximum atomic E-state index is 5.45. The van der Waals surface area contributed by atoms with E-state index in [0.717, 1.165) is 25.6 Å². The van der Waals surface area contributed by atoms with E-state index >= 15 is 0 Å². The average molecular weight is 460 g/mol. The predicted octanol–water partition coefficient (Wildman–Crippen LogP) is 7.89. The molecule has 0 spiro atoms. The molecule has 4 nitrogen and oxygen atoms in total. The lowest BCUT2D eigenvalue weighted by Crippen LogP contribution is -2.43. The van der Waals surface area contributed by atoms with Gasteiger partial charge in [-0.15, -0.1) is 0 Å². The summed E-state index contributed by atoms with van der Waals surface area (Å²) in [6.07, 6.45) is 26.8. The van der Waals surface area contributed by atoms with Gasteiger partial charge in [-0.3, -0.25) is 0 Å². The van der Waals surface area contributed by atoms with Crippen LogP contribution in [0.1, 0.15) is 129 Å². The van der Waals surface area contributed by atoms with Crippen molar-refractivity contribution >= 4 is 8.80 Å². The van der Waals surface area contributed by atoms with Crippen LogP contribution in [0, 0.1) is 0 Å². The molecule has 0 aromatic rings. The van der Waals surface area contributed by atoms with E-state index in [4.69, 9.17) is 13.3 Å². The van der Waals surface area contributed by atoms with Crippen molar-refractivity contribution in [3.05, 3.63) is 0 Å². The van der Waals surface area contributed by atoms with Gasteiger partial charge < -0.3 is 18.6 Å². The first-order valence-electron chi connectivity index (χ1n) is 13.6. The van der Waals surface area contributed by atoms with Gasteiger partial charge in [0.2, 0.25) is 0 Å². The summed E-state index contributed by atoms with van der Waals surface area (Å²) in [6, 6.07) is 0.878. The summed E-state index contributed by atoms with van der Waals surface area (Å²) in [4.78, 5) is 0. The largest absolute Gasteiger partial charge is 0.500 e. The van der Waals surface area contributed by atoms with Crippen molar-refractivity contribution in [3.8, 4) is 0 Å². The van der Waals surface area contributed by atoms with Gasteiger partial charge in [0.25, 0.3) is 0 Å². The van der Waals surface area contributed by atoms with Crippen LogP contribution in [0.3, 0.4) is 0 Å². The van der Waals surface area contributed by atoms with Crippen LogP contribution in [-0.2, 0) is 13.3 Å². The average Bonchev–Trinajstić information content (AvgIpc) is 2.80. The Hall–Kier alpha value is 0.0569. The van der Waals surface area contributed by atoms with Crippen molar-refractivity contribution in [2.45, 2.75) is 135 Å². The topological polar surface area (TPSA) is 39.7 Å². The Morgan fingerprint density at radius 1 is 0.452 bits per heavy atom. The molecule has 0 saturated carbocycles. The fourth-order valence-corrected chi connectivity index (χ4v) is 5.98. The quantitative estimate of drug-likeness (QED) is 0.105. The molecule has 0 aliphatic rings. The highest BCUT2D eigenvalue weighted by Crippen LogP contribution is 2.15. The lowest BCUT2D eigenvalue weighted by atomic mass is 10.0. The summed E-state index contributed by atoms with van der Waals surface area (Å²) in [5.41, 5.74) is 0. The van der Waals surface area contributed by atoms with Gasteiger partial charge in [0, 0.05) is 27.4 Å². The van der Waals surface area contributed by atoms with E-state index in [-0.39, 0.29) is 0 Å². The normalized spacial score (nSPS) is 12.0. The molecule has 0 aliphatic carbocycles.